The summed E-state index contributed by atoms with van der Waals surface area (Å²) < 4.78 is 53.8. The third kappa shape index (κ3) is 7.47. The van der Waals surface area contributed by atoms with Crippen LogP contribution in [-0.4, -0.2) is 36.2 Å². The normalized spacial score (nSPS) is 12.2. The van der Waals surface area contributed by atoms with Gasteiger partial charge in [-0.3, -0.25) is 0 Å². The summed E-state index contributed by atoms with van der Waals surface area (Å²) in [4.78, 5) is 39.2. The topological polar surface area (TPSA) is 82.1 Å². The maximum Gasteiger partial charge on any atom is 0.420 e. The van der Waals surface area contributed by atoms with Gasteiger partial charge in [0.15, 0.2) is 0 Å². The summed E-state index contributed by atoms with van der Waals surface area (Å²) >= 11 is 0. The van der Waals surface area contributed by atoms with Gasteiger partial charge in [-0.25, -0.2) is 14.4 Å². The van der Waals surface area contributed by atoms with Crippen LogP contribution in [0.1, 0.15) is 37.0 Å². The summed E-state index contributed by atoms with van der Waals surface area (Å²) in [6.07, 6.45) is -6.74. The van der Waals surface area contributed by atoms with Crippen LogP contribution >= 0.6 is 0 Å². The van der Waals surface area contributed by atoms with E-state index in [-0.39, 0.29) is 24.5 Å². The van der Waals surface area contributed by atoms with Crippen LogP contribution in [0.2, 0.25) is 0 Å². The number of alkyl halides is 3. The Hall–Kier alpha value is -4.08. The van der Waals surface area contributed by atoms with Crippen LogP contribution in [0.25, 0.3) is 10.8 Å². The quantitative estimate of drug-likeness (QED) is 0.237. The van der Waals surface area contributed by atoms with E-state index in [0.29, 0.717) is 10.5 Å². The average Bonchev–Trinajstić information content (AvgIpc) is 2.89. The number of hydrogen-bond donors (Lipinski definition) is 0. The largest absolute Gasteiger partial charge is 0.467 e. The molecule has 7 nitrogen and oxygen atoms in total. The van der Waals surface area contributed by atoms with Crippen molar-refractivity contribution in [2.45, 2.75) is 45.7 Å². The molecule has 0 aliphatic carbocycles. The molecule has 0 bridgehead atoms. The Morgan fingerprint density at radius 1 is 0.816 bits per heavy atom. The summed E-state index contributed by atoms with van der Waals surface area (Å²) in [6, 6.07) is 15.8. The summed E-state index contributed by atoms with van der Waals surface area (Å²) in [6.45, 7) is 2.98. The van der Waals surface area contributed by atoms with E-state index in [2.05, 4.69) is 0 Å². The number of benzene rings is 3. The molecule has 0 saturated carbocycles. The molecule has 0 radical (unpaired) electrons. The zero-order valence-corrected chi connectivity index (χ0v) is 21.2. The Balaban J connectivity index is 1.78. The molecule has 2 amide bonds. The minimum Gasteiger partial charge on any atom is -0.467 e. The number of carbonyl (C=O) groups excluding carboxylic acids is 3. The van der Waals surface area contributed by atoms with Crippen molar-refractivity contribution < 1.29 is 41.8 Å². The number of fused-ring (bicyclic) bond motifs is 1. The molecule has 38 heavy (non-hydrogen) atoms. The summed E-state index contributed by atoms with van der Waals surface area (Å²) in [7, 11) is 1.13. The lowest BCUT2D eigenvalue weighted by molar-refractivity contribution is -0.146. The molecule has 3 rings (SSSR count). The first kappa shape index (κ1) is 28.5. The number of nitrogens with zero attached hydrogens (tertiary/aromatic N) is 1. The van der Waals surface area contributed by atoms with Crippen molar-refractivity contribution in [2.24, 2.45) is 5.92 Å². The molecule has 0 spiro atoms. The van der Waals surface area contributed by atoms with E-state index in [0.717, 1.165) is 42.1 Å². The monoisotopic (exact) mass is 531 g/mol. The first-order chi connectivity index (χ1) is 18.0. The highest BCUT2D eigenvalue weighted by molar-refractivity contribution is 5.94. The number of esters is 1. The lowest BCUT2D eigenvalue weighted by Crippen LogP contribution is -2.50. The first-order valence-corrected chi connectivity index (χ1v) is 11.8. The van der Waals surface area contributed by atoms with Crippen molar-refractivity contribution in [3.05, 3.63) is 83.4 Å². The smallest absolute Gasteiger partial charge is 0.420 e. The molecule has 0 unspecified atom stereocenters. The fourth-order valence-electron chi connectivity index (χ4n) is 3.77. The van der Waals surface area contributed by atoms with Crippen LogP contribution in [0.4, 0.5) is 22.8 Å². The highest BCUT2D eigenvalue weighted by Crippen LogP contribution is 2.29. The van der Waals surface area contributed by atoms with Crippen molar-refractivity contribution in [1.82, 2.24) is 4.90 Å². The molecular weight excluding hydrogens is 503 g/mol. The van der Waals surface area contributed by atoms with E-state index in [1.165, 1.54) is 0 Å². The minimum atomic E-state index is -4.51. The number of ether oxygens (including phenoxy) is 3. The van der Waals surface area contributed by atoms with E-state index in [1.807, 2.05) is 36.4 Å². The Morgan fingerprint density at radius 2 is 1.37 bits per heavy atom. The van der Waals surface area contributed by atoms with Crippen molar-refractivity contribution in [1.29, 1.82) is 0 Å². The van der Waals surface area contributed by atoms with Gasteiger partial charge in [0.2, 0.25) is 0 Å². The van der Waals surface area contributed by atoms with Gasteiger partial charge in [0.05, 0.1) is 12.7 Å². The van der Waals surface area contributed by atoms with Crippen LogP contribution in [0.15, 0.2) is 66.7 Å². The molecule has 0 aliphatic rings. The van der Waals surface area contributed by atoms with Gasteiger partial charge in [0, 0.05) is 0 Å². The molecule has 1 atom stereocenters. The SMILES string of the molecule is COC(=O)[C@H](CC(C)C)N(C(=O)OCc1ccc(C(F)(F)F)cc1)C(=O)OCc1ccc2ccccc2c1. The number of methoxy groups -OCH3 is 1. The molecule has 0 aliphatic heterocycles. The van der Waals surface area contributed by atoms with Gasteiger partial charge in [0.1, 0.15) is 19.3 Å². The van der Waals surface area contributed by atoms with Gasteiger partial charge in [-0.05, 0) is 52.4 Å². The molecule has 202 valence electrons. The Bertz CT molecular complexity index is 1270. The zero-order chi connectivity index (χ0) is 27.9. The van der Waals surface area contributed by atoms with Crippen molar-refractivity contribution in [3.63, 3.8) is 0 Å². The lowest BCUT2D eigenvalue weighted by atomic mass is 10.0. The average molecular weight is 532 g/mol. The van der Waals surface area contributed by atoms with Crippen LogP contribution in [-0.2, 0) is 38.4 Å². The van der Waals surface area contributed by atoms with Gasteiger partial charge >= 0.3 is 24.3 Å². The van der Waals surface area contributed by atoms with E-state index in [9.17, 15) is 27.6 Å². The van der Waals surface area contributed by atoms with Crippen LogP contribution in [0.3, 0.4) is 0 Å². The molecule has 0 fully saturated rings. The molecule has 10 heteroatoms. The highest BCUT2D eigenvalue weighted by Gasteiger charge is 2.38. The third-order valence-electron chi connectivity index (χ3n) is 5.69. The van der Waals surface area contributed by atoms with Gasteiger partial charge in [-0.2, -0.15) is 18.1 Å². The predicted octanol–water partition coefficient (Wildman–Crippen LogP) is 6.72. The van der Waals surface area contributed by atoms with E-state index in [1.54, 1.807) is 19.9 Å². The molecule has 0 heterocycles. The Morgan fingerprint density at radius 3 is 1.92 bits per heavy atom. The second-order valence-corrected chi connectivity index (χ2v) is 9.02. The number of amides is 2. The zero-order valence-electron chi connectivity index (χ0n) is 21.2. The first-order valence-electron chi connectivity index (χ1n) is 11.8. The Kier molecular flexibility index (Phi) is 9.33. The Labute approximate surface area is 218 Å². The van der Waals surface area contributed by atoms with Gasteiger partial charge < -0.3 is 14.2 Å². The molecule has 3 aromatic carbocycles. The van der Waals surface area contributed by atoms with Crippen molar-refractivity contribution in [3.8, 4) is 0 Å². The molecule has 3 aromatic rings. The number of hydrogen-bond acceptors (Lipinski definition) is 6. The van der Waals surface area contributed by atoms with Crippen molar-refractivity contribution >= 4 is 28.9 Å². The second kappa shape index (κ2) is 12.4. The van der Waals surface area contributed by atoms with Crippen LogP contribution in [0, 0.1) is 5.92 Å². The maximum absolute atomic E-state index is 13.1. The van der Waals surface area contributed by atoms with Gasteiger partial charge in [-0.15, -0.1) is 0 Å². The fraction of sp³-hybridized carbons (Fsp3) is 0.321. The number of carbonyl (C=O) groups is 3. The summed E-state index contributed by atoms with van der Waals surface area (Å²) in [5.74, 6) is -0.953. The van der Waals surface area contributed by atoms with Crippen LogP contribution in [0.5, 0.6) is 0 Å². The number of rotatable bonds is 8. The minimum absolute atomic E-state index is 0.0765. The van der Waals surface area contributed by atoms with Crippen LogP contribution < -0.4 is 0 Å². The maximum atomic E-state index is 13.1. The lowest BCUT2D eigenvalue weighted by Gasteiger charge is -2.28. The van der Waals surface area contributed by atoms with Gasteiger partial charge in [-0.1, -0.05) is 62.4 Å². The predicted molar refractivity (Wildman–Crippen MR) is 133 cm³/mol. The van der Waals surface area contributed by atoms with E-state index >= 15 is 0 Å². The third-order valence-corrected chi connectivity index (χ3v) is 5.69. The van der Waals surface area contributed by atoms with E-state index in [4.69, 9.17) is 14.2 Å². The fourth-order valence-corrected chi connectivity index (χ4v) is 3.77. The standard InChI is InChI=1S/C28H28F3NO6/c1-18(2)14-24(25(33)36-3)32(26(34)37-16-19-9-12-23(13-10-19)28(29,30)31)27(35)38-17-20-8-11-21-6-4-5-7-22(21)15-20/h4-13,15,18,24H,14,16-17H2,1-3H3/t24-/m0/s1. The molecule has 0 saturated heterocycles. The molecule has 0 N–H and O–H groups in total. The molecular formula is C28H28F3NO6. The van der Waals surface area contributed by atoms with E-state index < -0.39 is 42.5 Å². The van der Waals surface area contributed by atoms with Crippen molar-refractivity contribution in [2.75, 3.05) is 7.11 Å². The van der Waals surface area contributed by atoms with Gasteiger partial charge in [0.25, 0.3) is 0 Å². The number of imide groups is 1. The number of halogens is 3. The summed E-state index contributed by atoms with van der Waals surface area (Å²) in [5.41, 5.74) is 0.0667. The second-order valence-electron chi connectivity index (χ2n) is 9.02. The summed E-state index contributed by atoms with van der Waals surface area (Å²) in [5, 5.41) is 1.93. The molecule has 0 aromatic heterocycles. The highest BCUT2D eigenvalue weighted by atomic mass is 19.4.